The van der Waals surface area contributed by atoms with Gasteiger partial charge in [-0.1, -0.05) is 0 Å². The van der Waals surface area contributed by atoms with Gasteiger partial charge in [0.25, 0.3) is 5.91 Å². The first-order valence-corrected chi connectivity index (χ1v) is 9.30. The molecule has 1 N–H and O–H groups in total. The highest BCUT2D eigenvalue weighted by Gasteiger charge is 2.49. The zero-order valence-corrected chi connectivity index (χ0v) is 14.5. The molecule has 1 spiro atoms. The van der Waals surface area contributed by atoms with Gasteiger partial charge in [-0.05, 0) is 50.2 Å². The normalized spacial score (nSPS) is 25.7. The lowest BCUT2D eigenvalue weighted by Gasteiger charge is -2.39. The molecule has 2 fully saturated rings. The Morgan fingerprint density at radius 2 is 2.12 bits per heavy atom. The number of pyridine rings is 1. The molecule has 134 valence electrons. The van der Waals surface area contributed by atoms with Crippen molar-refractivity contribution in [2.45, 2.75) is 38.5 Å². The van der Waals surface area contributed by atoms with Gasteiger partial charge >= 0.3 is 0 Å². The molecule has 3 heterocycles. The molecule has 2 amide bonds. The Balaban J connectivity index is 1.50. The van der Waals surface area contributed by atoms with Crippen molar-refractivity contribution < 1.29 is 14.7 Å². The Morgan fingerprint density at radius 1 is 1.24 bits per heavy atom. The minimum absolute atomic E-state index is 0.00819. The smallest absolute Gasteiger partial charge is 0.255 e. The number of rotatable bonds is 3. The summed E-state index contributed by atoms with van der Waals surface area (Å²) in [7, 11) is 0. The number of aliphatic hydroxyl groups excluding tert-OH is 1. The molecule has 3 aliphatic rings. The third-order valence-corrected chi connectivity index (χ3v) is 6.00. The second-order valence-corrected chi connectivity index (χ2v) is 7.56. The molecule has 0 radical (unpaired) electrons. The highest BCUT2D eigenvalue weighted by molar-refractivity contribution is 5.95. The van der Waals surface area contributed by atoms with Gasteiger partial charge in [-0.2, -0.15) is 0 Å². The van der Waals surface area contributed by atoms with Crippen LogP contribution in [-0.2, 0) is 17.6 Å². The van der Waals surface area contributed by atoms with Gasteiger partial charge < -0.3 is 14.9 Å². The molecule has 0 aromatic carbocycles. The van der Waals surface area contributed by atoms with Crippen molar-refractivity contribution in [2.24, 2.45) is 5.41 Å². The lowest BCUT2D eigenvalue weighted by Crippen LogP contribution is -2.51. The van der Waals surface area contributed by atoms with E-state index in [9.17, 15) is 9.59 Å². The number of aromatic nitrogens is 1. The Hall–Kier alpha value is -1.95. The Bertz CT molecular complexity index is 703. The van der Waals surface area contributed by atoms with Crippen LogP contribution in [0.4, 0.5) is 0 Å². The number of likely N-dealkylation sites (tertiary alicyclic amines) is 2. The molecular weight excluding hydrogens is 318 g/mol. The fraction of sp³-hybridized carbons (Fsp3) is 0.632. The number of β-amino-alcohol motifs (C(OH)–C–C–N with tert-alkyl or cyclic N) is 1. The molecule has 0 unspecified atom stereocenters. The molecule has 0 saturated carbocycles. The van der Waals surface area contributed by atoms with Crippen LogP contribution in [0.1, 0.15) is 47.3 Å². The lowest BCUT2D eigenvalue weighted by atomic mass is 9.78. The van der Waals surface area contributed by atoms with Crippen molar-refractivity contribution in [1.82, 2.24) is 14.8 Å². The Labute approximate surface area is 147 Å². The number of nitrogens with zero attached hydrogens (tertiary/aromatic N) is 3. The van der Waals surface area contributed by atoms with Crippen LogP contribution in [0.25, 0.3) is 0 Å². The summed E-state index contributed by atoms with van der Waals surface area (Å²) in [5.41, 5.74) is 2.51. The molecule has 2 aliphatic heterocycles. The van der Waals surface area contributed by atoms with Crippen molar-refractivity contribution in [2.75, 3.05) is 32.8 Å². The maximum atomic E-state index is 12.9. The zero-order chi connectivity index (χ0) is 17.4. The van der Waals surface area contributed by atoms with Gasteiger partial charge in [0.2, 0.25) is 5.91 Å². The van der Waals surface area contributed by atoms with Crippen LogP contribution in [-0.4, -0.2) is 64.5 Å². The maximum Gasteiger partial charge on any atom is 0.255 e. The summed E-state index contributed by atoms with van der Waals surface area (Å²) >= 11 is 0. The van der Waals surface area contributed by atoms with Crippen LogP contribution in [0.15, 0.2) is 12.3 Å². The third-order valence-electron chi connectivity index (χ3n) is 6.00. The number of carbonyl (C=O) groups is 2. The molecule has 1 aromatic rings. The Morgan fingerprint density at radius 3 is 2.96 bits per heavy atom. The Kier molecular flexibility index (Phi) is 4.23. The van der Waals surface area contributed by atoms with Gasteiger partial charge in [-0.25, -0.2) is 0 Å². The summed E-state index contributed by atoms with van der Waals surface area (Å²) in [5.74, 6) is 0.0985. The third kappa shape index (κ3) is 2.82. The average molecular weight is 343 g/mol. The average Bonchev–Trinajstić information content (AvgIpc) is 3.26. The van der Waals surface area contributed by atoms with E-state index in [1.165, 1.54) is 5.56 Å². The molecular formula is C19H25N3O3. The number of aliphatic hydroxyl groups is 1. The van der Waals surface area contributed by atoms with Gasteiger partial charge in [-0.15, -0.1) is 0 Å². The SMILES string of the molecule is O=C(c1cnc2c(c1)CCC2)N1CC[C@@]2(CCCN(CCO)C2=O)C1. The largest absolute Gasteiger partial charge is 0.395 e. The molecule has 25 heavy (non-hydrogen) atoms. The topological polar surface area (TPSA) is 73.7 Å². The van der Waals surface area contributed by atoms with Crippen molar-refractivity contribution >= 4 is 11.8 Å². The predicted molar refractivity (Wildman–Crippen MR) is 92.1 cm³/mol. The number of aryl methyl sites for hydroxylation is 2. The summed E-state index contributed by atoms with van der Waals surface area (Å²) < 4.78 is 0. The summed E-state index contributed by atoms with van der Waals surface area (Å²) in [5, 5.41) is 9.17. The quantitative estimate of drug-likeness (QED) is 0.889. The lowest BCUT2D eigenvalue weighted by molar-refractivity contribution is -0.146. The van der Waals surface area contributed by atoms with E-state index in [1.54, 1.807) is 11.1 Å². The van der Waals surface area contributed by atoms with E-state index in [4.69, 9.17) is 5.11 Å². The molecule has 1 atom stereocenters. The zero-order valence-electron chi connectivity index (χ0n) is 14.5. The molecule has 1 aromatic heterocycles. The van der Waals surface area contributed by atoms with E-state index >= 15 is 0 Å². The summed E-state index contributed by atoms with van der Waals surface area (Å²) in [4.78, 5) is 33.8. The van der Waals surface area contributed by atoms with E-state index in [1.807, 2.05) is 11.0 Å². The monoisotopic (exact) mass is 343 g/mol. The van der Waals surface area contributed by atoms with Crippen molar-refractivity contribution in [1.29, 1.82) is 0 Å². The number of carbonyl (C=O) groups excluding carboxylic acids is 2. The molecule has 6 heteroatoms. The van der Waals surface area contributed by atoms with Crippen molar-refractivity contribution in [3.05, 3.63) is 29.1 Å². The van der Waals surface area contributed by atoms with E-state index in [-0.39, 0.29) is 18.4 Å². The molecule has 2 saturated heterocycles. The minimum Gasteiger partial charge on any atom is -0.395 e. The van der Waals surface area contributed by atoms with Gasteiger partial charge in [0.1, 0.15) is 0 Å². The van der Waals surface area contributed by atoms with E-state index in [0.717, 1.165) is 44.2 Å². The number of hydrogen-bond donors (Lipinski definition) is 1. The van der Waals surface area contributed by atoms with Crippen LogP contribution < -0.4 is 0 Å². The highest BCUT2D eigenvalue weighted by atomic mass is 16.3. The second kappa shape index (κ2) is 6.41. The van der Waals surface area contributed by atoms with Gasteiger partial charge in [0.05, 0.1) is 17.6 Å². The van der Waals surface area contributed by atoms with E-state index in [2.05, 4.69) is 4.98 Å². The molecule has 4 rings (SSSR count). The van der Waals surface area contributed by atoms with Crippen molar-refractivity contribution in [3.63, 3.8) is 0 Å². The summed E-state index contributed by atoms with van der Waals surface area (Å²) in [6, 6.07) is 1.99. The molecule has 6 nitrogen and oxygen atoms in total. The van der Waals surface area contributed by atoms with E-state index < -0.39 is 5.41 Å². The summed E-state index contributed by atoms with van der Waals surface area (Å²) in [6.07, 6.45) is 7.31. The van der Waals surface area contributed by atoms with Crippen LogP contribution in [0.5, 0.6) is 0 Å². The van der Waals surface area contributed by atoms with Gasteiger partial charge in [0, 0.05) is 38.1 Å². The van der Waals surface area contributed by atoms with Gasteiger partial charge in [-0.3, -0.25) is 14.6 Å². The molecule has 0 bridgehead atoms. The second-order valence-electron chi connectivity index (χ2n) is 7.56. The first-order valence-electron chi connectivity index (χ1n) is 9.30. The first-order chi connectivity index (χ1) is 12.1. The van der Waals surface area contributed by atoms with E-state index in [0.29, 0.717) is 31.7 Å². The van der Waals surface area contributed by atoms with Crippen molar-refractivity contribution in [3.8, 4) is 0 Å². The standard InChI is InChI=1S/C19H25N3O3/c23-10-9-21-7-2-5-19(18(21)25)6-8-22(13-19)17(24)15-11-14-3-1-4-16(14)20-12-15/h11-12,23H,1-10,13H2/t19-/m0/s1. The highest BCUT2D eigenvalue weighted by Crippen LogP contribution is 2.40. The fourth-order valence-corrected chi connectivity index (χ4v) is 4.64. The fourth-order valence-electron chi connectivity index (χ4n) is 4.64. The van der Waals surface area contributed by atoms with Crippen LogP contribution in [0.2, 0.25) is 0 Å². The predicted octanol–water partition coefficient (Wildman–Crippen LogP) is 1.02. The minimum atomic E-state index is -0.451. The number of piperidine rings is 1. The number of hydrogen-bond acceptors (Lipinski definition) is 4. The number of fused-ring (bicyclic) bond motifs is 1. The summed E-state index contributed by atoms with van der Waals surface area (Å²) in [6.45, 7) is 2.21. The number of amides is 2. The van der Waals surface area contributed by atoms with Crippen LogP contribution >= 0.6 is 0 Å². The first kappa shape index (κ1) is 16.5. The van der Waals surface area contributed by atoms with Gasteiger partial charge in [0.15, 0.2) is 0 Å². The van der Waals surface area contributed by atoms with Crippen LogP contribution in [0, 0.1) is 5.41 Å². The maximum absolute atomic E-state index is 12.9. The van der Waals surface area contributed by atoms with Crippen LogP contribution in [0.3, 0.4) is 0 Å². The molecule has 1 aliphatic carbocycles.